The summed E-state index contributed by atoms with van der Waals surface area (Å²) in [7, 11) is 2.12. The summed E-state index contributed by atoms with van der Waals surface area (Å²) in [6.45, 7) is 2.84. The lowest BCUT2D eigenvalue weighted by atomic mass is 9.85. The van der Waals surface area contributed by atoms with Crippen LogP contribution in [0.2, 0.25) is 0 Å². The second-order valence-electron chi connectivity index (χ2n) is 5.10. The maximum Gasteiger partial charge on any atom is 0.213 e. The van der Waals surface area contributed by atoms with Crippen LogP contribution >= 0.6 is 0 Å². The zero-order valence-corrected chi connectivity index (χ0v) is 10.1. The Bertz CT molecular complexity index is 371. The molecule has 92 valence electrons. The third-order valence-electron chi connectivity index (χ3n) is 3.49. The minimum absolute atomic E-state index is 0.0481. The molecule has 4 nitrogen and oxygen atoms in total. The van der Waals surface area contributed by atoms with Gasteiger partial charge >= 0.3 is 0 Å². The molecule has 0 aromatic carbocycles. The van der Waals surface area contributed by atoms with Gasteiger partial charge in [0.05, 0.1) is 12.2 Å². The van der Waals surface area contributed by atoms with Gasteiger partial charge < -0.3 is 14.4 Å². The Labute approximate surface area is 102 Å². The number of likely N-dealkylation sites (N-methyl/N-ethyl adjacent to an activating group) is 1. The van der Waals surface area contributed by atoms with Crippen LogP contribution in [-0.2, 0) is 4.74 Å². The maximum absolute atomic E-state index is 5.91. The van der Waals surface area contributed by atoms with Gasteiger partial charge in [-0.1, -0.05) is 6.07 Å². The van der Waals surface area contributed by atoms with Crippen LogP contribution in [0.25, 0.3) is 0 Å². The zero-order chi connectivity index (χ0) is 11.7. The van der Waals surface area contributed by atoms with Crippen molar-refractivity contribution in [3.8, 4) is 5.88 Å². The number of hydrogen-bond acceptors (Lipinski definition) is 4. The molecule has 0 bridgehead atoms. The highest BCUT2D eigenvalue weighted by Gasteiger charge is 2.46. The first-order valence-electron chi connectivity index (χ1n) is 6.16. The normalized spacial score (nSPS) is 27.7. The van der Waals surface area contributed by atoms with Gasteiger partial charge in [-0.2, -0.15) is 0 Å². The number of nitrogens with zero attached hydrogens (tertiary/aromatic N) is 2. The first-order valence-corrected chi connectivity index (χ1v) is 6.16. The first kappa shape index (κ1) is 11.0. The molecule has 0 saturated carbocycles. The highest BCUT2D eigenvalue weighted by atomic mass is 16.5. The first-order chi connectivity index (χ1) is 8.26. The number of aromatic nitrogens is 1. The molecule has 0 N–H and O–H groups in total. The van der Waals surface area contributed by atoms with Crippen LogP contribution in [0.5, 0.6) is 5.88 Å². The average Bonchev–Trinajstić information content (AvgIpc) is 2.29. The molecule has 3 rings (SSSR count). The fourth-order valence-electron chi connectivity index (χ4n) is 2.83. The number of ether oxygens (including phenoxy) is 2. The van der Waals surface area contributed by atoms with Crippen LogP contribution < -0.4 is 4.74 Å². The van der Waals surface area contributed by atoms with Gasteiger partial charge in [-0.3, -0.25) is 0 Å². The van der Waals surface area contributed by atoms with Gasteiger partial charge in [0.15, 0.2) is 0 Å². The summed E-state index contributed by atoms with van der Waals surface area (Å²) in [5.41, 5.74) is 0.0481. The second kappa shape index (κ2) is 4.27. The highest BCUT2D eigenvalue weighted by Crippen LogP contribution is 2.34. The summed E-state index contributed by atoms with van der Waals surface area (Å²) >= 11 is 0. The van der Waals surface area contributed by atoms with Gasteiger partial charge in [-0.05, 0) is 13.1 Å². The zero-order valence-electron chi connectivity index (χ0n) is 10.1. The molecule has 17 heavy (non-hydrogen) atoms. The van der Waals surface area contributed by atoms with Crippen molar-refractivity contribution in [1.29, 1.82) is 0 Å². The van der Waals surface area contributed by atoms with Crippen molar-refractivity contribution < 1.29 is 9.47 Å². The van der Waals surface area contributed by atoms with Gasteiger partial charge in [0.2, 0.25) is 5.88 Å². The van der Waals surface area contributed by atoms with E-state index in [1.54, 1.807) is 6.20 Å². The minimum Gasteiger partial charge on any atom is -0.474 e. The molecule has 1 aromatic rings. The van der Waals surface area contributed by atoms with Gasteiger partial charge in [-0.15, -0.1) is 0 Å². The number of pyridine rings is 1. The SMILES string of the molecule is CN1CC2(CC(Oc3ccccn3)CCO2)C1. The van der Waals surface area contributed by atoms with E-state index in [1.165, 1.54) is 0 Å². The van der Waals surface area contributed by atoms with Crippen molar-refractivity contribution in [3.63, 3.8) is 0 Å². The Balaban J connectivity index is 1.61. The molecule has 1 unspecified atom stereocenters. The second-order valence-corrected chi connectivity index (χ2v) is 5.10. The molecule has 0 amide bonds. The Morgan fingerprint density at radius 3 is 3.06 bits per heavy atom. The molecule has 0 radical (unpaired) electrons. The summed E-state index contributed by atoms with van der Waals surface area (Å²) in [6, 6.07) is 5.77. The van der Waals surface area contributed by atoms with Crippen LogP contribution in [0, 0.1) is 0 Å². The summed E-state index contributed by atoms with van der Waals surface area (Å²) in [5, 5.41) is 0. The molecular weight excluding hydrogens is 216 g/mol. The third-order valence-corrected chi connectivity index (χ3v) is 3.49. The lowest BCUT2D eigenvalue weighted by Crippen LogP contribution is -2.64. The number of hydrogen-bond donors (Lipinski definition) is 0. The van der Waals surface area contributed by atoms with E-state index in [0.29, 0.717) is 0 Å². The van der Waals surface area contributed by atoms with Crippen LogP contribution in [0.15, 0.2) is 24.4 Å². The van der Waals surface area contributed by atoms with Crippen LogP contribution in [0.4, 0.5) is 0 Å². The molecule has 3 heterocycles. The third kappa shape index (κ3) is 2.28. The molecule has 1 atom stereocenters. The van der Waals surface area contributed by atoms with Gasteiger partial charge in [0.25, 0.3) is 0 Å². The predicted molar refractivity (Wildman–Crippen MR) is 64.1 cm³/mol. The lowest BCUT2D eigenvalue weighted by Gasteiger charge is -2.51. The van der Waals surface area contributed by atoms with Crippen molar-refractivity contribution >= 4 is 0 Å². The van der Waals surface area contributed by atoms with Crippen molar-refractivity contribution in [3.05, 3.63) is 24.4 Å². The summed E-state index contributed by atoms with van der Waals surface area (Å²) in [5.74, 6) is 0.724. The van der Waals surface area contributed by atoms with E-state index in [1.807, 2.05) is 18.2 Å². The average molecular weight is 234 g/mol. The molecular formula is C13H18N2O2. The van der Waals surface area contributed by atoms with Crippen molar-refractivity contribution in [1.82, 2.24) is 9.88 Å². The van der Waals surface area contributed by atoms with Gasteiger partial charge in [0.1, 0.15) is 6.10 Å². The molecule has 2 aliphatic rings. The van der Waals surface area contributed by atoms with Crippen LogP contribution in [0.3, 0.4) is 0 Å². The van der Waals surface area contributed by atoms with Gasteiger partial charge in [-0.25, -0.2) is 4.98 Å². The maximum atomic E-state index is 5.91. The Hall–Kier alpha value is -1.13. The highest BCUT2D eigenvalue weighted by molar-refractivity contribution is 5.10. The molecule has 2 aliphatic heterocycles. The number of rotatable bonds is 2. The summed E-state index contributed by atoms with van der Waals surface area (Å²) in [6.07, 6.45) is 3.95. The van der Waals surface area contributed by atoms with E-state index in [4.69, 9.17) is 9.47 Å². The summed E-state index contributed by atoms with van der Waals surface area (Å²) < 4.78 is 11.8. The fourth-order valence-corrected chi connectivity index (χ4v) is 2.83. The molecule has 4 heteroatoms. The van der Waals surface area contributed by atoms with Crippen LogP contribution in [-0.4, -0.2) is 48.3 Å². The van der Waals surface area contributed by atoms with Crippen LogP contribution in [0.1, 0.15) is 12.8 Å². The van der Waals surface area contributed by atoms with Crippen molar-refractivity contribution in [2.45, 2.75) is 24.5 Å². The van der Waals surface area contributed by atoms with E-state index in [9.17, 15) is 0 Å². The van der Waals surface area contributed by atoms with E-state index < -0.39 is 0 Å². The van der Waals surface area contributed by atoms with Gasteiger partial charge in [0, 0.05) is 38.2 Å². The molecule has 0 aliphatic carbocycles. The van der Waals surface area contributed by atoms with E-state index in [2.05, 4.69) is 16.9 Å². The van der Waals surface area contributed by atoms with Crippen molar-refractivity contribution in [2.75, 3.05) is 26.7 Å². The van der Waals surface area contributed by atoms with Crippen molar-refractivity contribution in [2.24, 2.45) is 0 Å². The van der Waals surface area contributed by atoms with E-state index in [-0.39, 0.29) is 11.7 Å². The lowest BCUT2D eigenvalue weighted by molar-refractivity contribution is -0.179. The smallest absolute Gasteiger partial charge is 0.213 e. The molecule has 2 saturated heterocycles. The molecule has 1 spiro atoms. The Morgan fingerprint density at radius 1 is 1.47 bits per heavy atom. The Kier molecular flexibility index (Phi) is 2.76. The predicted octanol–water partition coefficient (Wildman–Crippen LogP) is 1.32. The Morgan fingerprint density at radius 2 is 2.35 bits per heavy atom. The number of likely N-dealkylation sites (tertiary alicyclic amines) is 1. The molecule has 1 aromatic heterocycles. The quantitative estimate of drug-likeness (QED) is 0.773. The molecule has 2 fully saturated rings. The summed E-state index contributed by atoms with van der Waals surface area (Å²) in [4.78, 5) is 6.49. The standard InChI is InChI=1S/C13H18N2O2/c1-15-9-13(10-15)8-11(5-7-16-13)17-12-4-2-3-6-14-12/h2-4,6,11H,5,7-10H2,1H3. The fraction of sp³-hybridized carbons (Fsp3) is 0.615. The van der Waals surface area contributed by atoms with E-state index in [0.717, 1.165) is 38.4 Å². The monoisotopic (exact) mass is 234 g/mol. The van der Waals surface area contributed by atoms with E-state index >= 15 is 0 Å². The largest absolute Gasteiger partial charge is 0.474 e. The topological polar surface area (TPSA) is 34.6 Å². The minimum atomic E-state index is 0.0481.